The van der Waals surface area contributed by atoms with Crippen LogP contribution < -0.4 is 0 Å². The zero-order valence-electron chi connectivity index (χ0n) is 11.1. The molecule has 0 aromatic carbocycles. The van der Waals surface area contributed by atoms with Crippen LogP contribution in [0.3, 0.4) is 0 Å². The maximum Gasteiger partial charge on any atom is 0.0978 e. The van der Waals surface area contributed by atoms with E-state index in [1.807, 2.05) is 13.0 Å². The molecule has 96 valence electrons. The Hall–Kier alpha value is -0.860. The molecule has 2 heteroatoms. The van der Waals surface area contributed by atoms with Gasteiger partial charge in [0.1, 0.15) is 0 Å². The lowest BCUT2D eigenvalue weighted by atomic mass is 9.69. The first-order valence-corrected chi connectivity index (χ1v) is 6.19. The first kappa shape index (κ1) is 14.2. The van der Waals surface area contributed by atoms with Crippen molar-refractivity contribution in [3.8, 4) is 0 Å². The maximum atomic E-state index is 9.50. The Labute approximate surface area is 104 Å². The summed E-state index contributed by atoms with van der Waals surface area (Å²) in [6.45, 7) is 10.2. The topological polar surface area (TPSA) is 40.5 Å². The van der Waals surface area contributed by atoms with Crippen molar-refractivity contribution in [3.63, 3.8) is 0 Å². The summed E-state index contributed by atoms with van der Waals surface area (Å²) in [6, 6.07) is 0. The molecule has 0 bridgehead atoms. The van der Waals surface area contributed by atoms with Crippen LogP contribution in [0, 0.1) is 11.3 Å². The molecule has 0 saturated heterocycles. The molecule has 2 N–H and O–H groups in total. The zero-order valence-corrected chi connectivity index (χ0v) is 11.1. The minimum Gasteiger partial charge on any atom is -0.393 e. The molecule has 0 heterocycles. The van der Waals surface area contributed by atoms with Gasteiger partial charge in [-0.05, 0) is 36.7 Å². The minimum atomic E-state index is -0.731. The normalized spacial score (nSPS) is 26.1. The highest BCUT2D eigenvalue weighted by molar-refractivity contribution is 5.22. The number of aliphatic hydroxyl groups excluding tert-OH is 2. The van der Waals surface area contributed by atoms with Crippen molar-refractivity contribution < 1.29 is 10.2 Å². The first-order valence-electron chi connectivity index (χ1n) is 6.19. The van der Waals surface area contributed by atoms with Gasteiger partial charge in [0.2, 0.25) is 0 Å². The van der Waals surface area contributed by atoms with Gasteiger partial charge in [0.15, 0.2) is 0 Å². The molecule has 0 aromatic heterocycles. The number of hydrogen-bond acceptors (Lipinski definition) is 2. The third-order valence-electron chi connectivity index (χ3n) is 3.69. The molecule has 0 spiro atoms. The first-order chi connectivity index (χ1) is 7.88. The van der Waals surface area contributed by atoms with Crippen molar-refractivity contribution in [2.75, 3.05) is 6.61 Å². The van der Waals surface area contributed by atoms with Gasteiger partial charge >= 0.3 is 0 Å². The summed E-state index contributed by atoms with van der Waals surface area (Å²) < 4.78 is 0. The second-order valence-corrected chi connectivity index (χ2v) is 5.52. The van der Waals surface area contributed by atoms with Crippen molar-refractivity contribution in [2.45, 2.75) is 39.7 Å². The molecule has 1 aliphatic carbocycles. The van der Waals surface area contributed by atoms with Crippen LogP contribution in [0.4, 0.5) is 0 Å². The van der Waals surface area contributed by atoms with Crippen LogP contribution in [0.5, 0.6) is 0 Å². The van der Waals surface area contributed by atoms with E-state index >= 15 is 0 Å². The lowest BCUT2D eigenvalue weighted by Crippen LogP contribution is -2.26. The maximum absolute atomic E-state index is 9.50. The highest BCUT2D eigenvalue weighted by Crippen LogP contribution is 2.41. The quantitative estimate of drug-likeness (QED) is 0.737. The Balaban J connectivity index is 2.74. The molecule has 1 aliphatic rings. The number of rotatable bonds is 4. The van der Waals surface area contributed by atoms with Gasteiger partial charge in [-0.1, -0.05) is 44.2 Å². The van der Waals surface area contributed by atoms with Crippen molar-refractivity contribution in [1.29, 1.82) is 0 Å². The van der Waals surface area contributed by atoms with Crippen molar-refractivity contribution in [1.82, 2.24) is 0 Å². The molecular formula is C15H24O2. The third-order valence-corrected chi connectivity index (χ3v) is 3.69. The second kappa shape index (κ2) is 5.65. The van der Waals surface area contributed by atoms with E-state index in [0.29, 0.717) is 5.92 Å². The Morgan fingerprint density at radius 1 is 1.65 bits per heavy atom. The average Bonchev–Trinajstić information content (AvgIpc) is 2.26. The molecule has 1 unspecified atom stereocenters. The number of allylic oxidation sites excluding steroid dienone is 4. The summed E-state index contributed by atoms with van der Waals surface area (Å²) in [5.41, 5.74) is 2.21. The monoisotopic (exact) mass is 236 g/mol. The van der Waals surface area contributed by atoms with Crippen LogP contribution in [0.15, 0.2) is 36.0 Å². The van der Waals surface area contributed by atoms with E-state index in [2.05, 4.69) is 32.6 Å². The molecule has 2 atom stereocenters. The Kier molecular flexibility index (Phi) is 4.72. The summed E-state index contributed by atoms with van der Waals surface area (Å²) in [4.78, 5) is 0. The van der Waals surface area contributed by atoms with Crippen LogP contribution in [-0.4, -0.2) is 22.9 Å². The van der Waals surface area contributed by atoms with Gasteiger partial charge in [-0.3, -0.25) is 0 Å². The molecule has 0 aromatic rings. The molecule has 0 radical (unpaired) electrons. The fourth-order valence-corrected chi connectivity index (χ4v) is 2.35. The standard InChI is InChI=1S/C15H24O2/c1-11-6-5-9-15(3,4)13(11)8-7-12(2)14(17)10-16/h5,7,9,13-14,16-17H,1,6,8,10H2,2-4H3/b12-7-/t13-,14?/m1/s1. The van der Waals surface area contributed by atoms with Gasteiger partial charge in [-0.15, -0.1) is 0 Å². The fraction of sp³-hybridized carbons (Fsp3) is 0.600. The summed E-state index contributed by atoms with van der Waals surface area (Å²) in [6.07, 6.45) is 7.54. The van der Waals surface area contributed by atoms with Crippen molar-refractivity contribution in [3.05, 3.63) is 36.0 Å². The van der Waals surface area contributed by atoms with Crippen molar-refractivity contribution in [2.24, 2.45) is 11.3 Å². The number of aliphatic hydroxyl groups is 2. The summed E-state index contributed by atoms with van der Waals surface area (Å²) in [5, 5.41) is 18.4. The van der Waals surface area contributed by atoms with Gasteiger partial charge in [0, 0.05) is 0 Å². The molecule has 0 saturated carbocycles. The fourth-order valence-electron chi connectivity index (χ4n) is 2.35. The van der Waals surface area contributed by atoms with E-state index in [1.165, 1.54) is 5.57 Å². The molecule has 2 nitrogen and oxygen atoms in total. The van der Waals surface area contributed by atoms with E-state index in [1.54, 1.807) is 0 Å². The zero-order chi connectivity index (χ0) is 13.1. The molecule has 0 aliphatic heterocycles. The van der Waals surface area contributed by atoms with Crippen LogP contribution in [-0.2, 0) is 0 Å². The predicted octanol–water partition coefficient (Wildman–Crippen LogP) is 2.83. The second-order valence-electron chi connectivity index (χ2n) is 5.52. The number of hydrogen-bond donors (Lipinski definition) is 2. The molecule has 1 rings (SSSR count). The lowest BCUT2D eigenvalue weighted by Gasteiger charge is -2.36. The SMILES string of the molecule is C=C1CC=CC(C)(C)[C@@H]1C/C=C(/C)C(O)CO. The third kappa shape index (κ3) is 3.55. The van der Waals surface area contributed by atoms with E-state index in [9.17, 15) is 5.11 Å². The summed E-state index contributed by atoms with van der Waals surface area (Å²) >= 11 is 0. The van der Waals surface area contributed by atoms with E-state index in [4.69, 9.17) is 5.11 Å². The van der Waals surface area contributed by atoms with E-state index in [-0.39, 0.29) is 12.0 Å². The van der Waals surface area contributed by atoms with Crippen LogP contribution in [0.1, 0.15) is 33.6 Å². The van der Waals surface area contributed by atoms with E-state index < -0.39 is 6.10 Å². The Morgan fingerprint density at radius 2 is 2.29 bits per heavy atom. The van der Waals surface area contributed by atoms with Crippen molar-refractivity contribution >= 4 is 0 Å². The summed E-state index contributed by atoms with van der Waals surface area (Å²) in [5.74, 6) is 0.411. The Bertz CT molecular complexity index is 337. The highest BCUT2D eigenvalue weighted by atomic mass is 16.3. The molecule has 0 amide bonds. The van der Waals surface area contributed by atoms with Crippen LogP contribution in [0.2, 0.25) is 0 Å². The smallest absolute Gasteiger partial charge is 0.0978 e. The lowest BCUT2D eigenvalue weighted by molar-refractivity contribution is 0.122. The van der Waals surface area contributed by atoms with Gasteiger partial charge in [-0.25, -0.2) is 0 Å². The van der Waals surface area contributed by atoms with Crippen LogP contribution in [0.25, 0.3) is 0 Å². The minimum absolute atomic E-state index is 0.121. The largest absolute Gasteiger partial charge is 0.393 e. The average molecular weight is 236 g/mol. The predicted molar refractivity (Wildman–Crippen MR) is 71.6 cm³/mol. The Morgan fingerprint density at radius 3 is 2.82 bits per heavy atom. The van der Waals surface area contributed by atoms with Gasteiger partial charge < -0.3 is 10.2 Å². The van der Waals surface area contributed by atoms with E-state index in [0.717, 1.165) is 18.4 Å². The highest BCUT2D eigenvalue weighted by Gasteiger charge is 2.30. The van der Waals surface area contributed by atoms with Crippen LogP contribution >= 0.6 is 0 Å². The molecule has 17 heavy (non-hydrogen) atoms. The summed E-state index contributed by atoms with van der Waals surface area (Å²) in [7, 11) is 0. The van der Waals surface area contributed by atoms with Gasteiger partial charge in [0.05, 0.1) is 12.7 Å². The van der Waals surface area contributed by atoms with Gasteiger partial charge in [0.25, 0.3) is 0 Å². The van der Waals surface area contributed by atoms with Gasteiger partial charge in [-0.2, -0.15) is 0 Å². The molecule has 0 fully saturated rings. The molecular weight excluding hydrogens is 212 g/mol.